The van der Waals surface area contributed by atoms with Gasteiger partial charge in [0.05, 0.1) is 5.75 Å². The summed E-state index contributed by atoms with van der Waals surface area (Å²) in [5.74, 6) is 1.10. The summed E-state index contributed by atoms with van der Waals surface area (Å²) in [4.78, 5) is 14.5. The van der Waals surface area contributed by atoms with Crippen molar-refractivity contribution in [2.24, 2.45) is 0 Å². The maximum Gasteiger partial charge on any atom is 0.241 e. The van der Waals surface area contributed by atoms with E-state index in [4.69, 9.17) is 0 Å². The second-order valence-corrected chi connectivity index (χ2v) is 9.14. The Labute approximate surface area is 126 Å². The fourth-order valence-electron chi connectivity index (χ4n) is 2.92. The first-order chi connectivity index (χ1) is 9.45. The molecule has 2 rings (SSSR count). The van der Waals surface area contributed by atoms with Gasteiger partial charge in [-0.15, -0.1) is 0 Å². The van der Waals surface area contributed by atoms with Crippen LogP contribution in [0.4, 0.5) is 0 Å². The van der Waals surface area contributed by atoms with Crippen LogP contribution in [0.3, 0.4) is 0 Å². The number of thioether (sulfide) groups is 1. The van der Waals surface area contributed by atoms with Gasteiger partial charge in [-0.3, -0.25) is 4.79 Å². The molecule has 2 heterocycles. The lowest BCUT2D eigenvalue weighted by Gasteiger charge is -2.34. The van der Waals surface area contributed by atoms with E-state index >= 15 is 0 Å². The van der Waals surface area contributed by atoms with Gasteiger partial charge in [-0.1, -0.05) is 13.8 Å². The first-order valence-electron chi connectivity index (χ1n) is 7.35. The molecule has 0 aromatic heterocycles. The standard InChI is InChI=1S/C13H24N2O3S2/c1-3-9-20(17,18)15-6-4-5-12(15)13(16)14-7-8-19-11(2)10-14/h11-12H,3-10H2,1-2H3. The maximum atomic E-state index is 12.6. The van der Waals surface area contributed by atoms with Gasteiger partial charge < -0.3 is 4.90 Å². The molecule has 0 aliphatic carbocycles. The smallest absolute Gasteiger partial charge is 0.241 e. The van der Waals surface area contributed by atoms with Crippen LogP contribution in [0.25, 0.3) is 0 Å². The molecule has 2 saturated heterocycles. The van der Waals surface area contributed by atoms with Gasteiger partial charge in [0.1, 0.15) is 6.04 Å². The lowest BCUT2D eigenvalue weighted by atomic mass is 10.2. The van der Waals surface area contributed by atoms with Crippen molar-refractivity contribution >= 4 is 27.7 Å². The molecule has 0 bridgehead atoms. The first-order valence-corrected chi connectivity index (χ1v) is 10.0. The third kappa shape index (κ3) is 3.49. The summed E-state index contributed by atoms with van der Waals surface area (Å²) < 4.78 is 25.9. The lowest BCUT2D eigenvalue weighted by molar-refractivity contribution is -0.134. The van der Waals surface area contributed by atoms with Gasteiger partial charge in [0.2, 0.25) is 15.9 Å². The van der Waals surface area contributed by atoms with Crippen LogP contribution < -0.4 is 0 Å². The molecule has 2 unspecified atom stereocenters. The van der Waals surface area contributed by atoms with Crippen LogP contribution >= 0.6 is 11.8 Å². The molecule has 0 saturated carbocycles. The highest BCUT2D eigenvalue weighted by Crippen LogP contribution is 2.26. The zero-order valence-corrected chi connectivity index (χ0v) is 13.9. The Kier molecular flexibility index (Phi) is 5.36. The normalized spacial score (nSPS) is 28.8. The van der Waals surface area contributed by atoms with Gasteiger partial charge in [-0.05, 0) is 19.3 Å². The highest BCUT2D eigenvalue weighted by molar-refractivity contribution is 8.00. The zero-order valence-electron chi connectivity index (χ0n) is 12.2. The Bertz CT molecular complexity index is 453. The van der Waals surface area contributed by atoms with Crippen LogP contribution in [0, 0.1) is 0 Å². The number of hydrogen-bond acceptors (Lipinski definition) is 4. The predicted molar refractivity (Wildman–Crippen MR) is 82.3 cm³/mol. The Hall–Kier alpha value is -0.270. The van der Waals surface area contributed by atoms with Crippen LogP contribution in [-0.4, -0.2) is 66.0 Å². The summed E-state index contributed by atoms with van der Waals surface area (Å²) in [5, 5.41) is 0.440. The van der Waals surface area contributed by atoms with Crippen molar-refractivity contribution in [3.63, 3.8) is 0 Å². The van der Waals surface area contributed by atoms with Crippen molar-refractivity contribution in [3.8, 4) is 0 Å². The van der Waals surface area contributed by atoms with Crippen molar-refractivity contribution < 1.29 is 13.2 Å². The van der Waals surface area contributed by atoms with Crippen LogP contribution in [0.15, 0.2) is 0 Å². The minimum Gasteiger partial charge on any atom is -0.339 e. The molecule has 2 fully saturated rings. The molecular formula is C13H24N2O3S2. The van der Waals surface area contributed by atoms with Crippen LogP contribution in [0.5, 0.6) is 0 Å². The van der Waals surface area contributed by atoms with Crippen molar-refractivity contribution in [2.45, 2.75) is 44.4 Å². The van der Waals surface area contributed by atoms with Crippen molar-refractivity contribution in [1.29, 1.82) is 0 Å². The maximum absolute atomic E-state index is 12.6. The molecule has 20 heavy (non-hydrogen) atoms. The Balaban J connectivity index is 2.08. The van der Waals surface area contributed by atoms with Gasteiger partial charge in [0, 0.05) is 30.6 Å². The largest absolute Gasteiger partial charge is 0.339 e. The van der Waals surface area contributed by atoms with E-state index in [1.807, 2.05) is 23.6 Å². The van der Waals surface area contributed by atoms with Crippen molar-refractivity contribution in [3.05, 3.63) is 0 Å². The molecule has 0 spiro atoms. The Morgan fingerprint density at radius 1 is 1.35 bits per heavy atom. The van der Waals surface area contributed by atoms with E-state index in [9.17, 15) is 13.2 Å². The molecule has 5 nitrogen and oxygen atoms in total. The molecule has 2 aliphatic rings. The predicted octanol–water partition coefficient (Wildman–Crippen LogP) is 1.15. The molecule has 7 heteroatoms. The van der Waals surface area contributed by atoms with Gasteiger partial charge in [-0.2, -0.15) is 16.1 Å². The number of carbonyl (C=O) groups excluding carboxylic acids is 1. The van der Waals surface area contributed by atoms with E-state index < -0.39 is 16.1 Å². The van der Waals surface area contributed by atoms with Gasteiger partial charge in [0.25, 0.3) is 0 Å². The fourth-order valence-corrected chi connectivity index (χ4v) is 5.68. The third-order valence-corrected chi connectivity index (χ3v) is 7.07. The van der Waals surface area contributed by atoms with Crippen LogP contribution in [0.2, 0.25) is 0 Å². The van der Waals surface area contributed by atoms with E-state index in [0.29, 0.717) is 24.6 Å². The topological polar surface area (TPSA) is 57.7 Å². The summed E-state index contributed by atoms with van der Waals surface area (Å²) >= 11 is 1.87. The minimum atomic E-state index is -3.28. The minimum absolute atomic E-state index is 0.00864. The molecule has 2 atom stereocenters. The Morgan fingerprint density at radius 2 is 2.10 bits per heavy atom. The molecule has 0 N–H and O–H groups in total. The number of hydrogen-bond donors (Lipinski definition) is 0. The lowest BCUT2D eigenvalue weighted by Crippen LogP contribution is -2.51. The first kappa shape index (κ1) is 16.1. The third-order valence-electron chi connectivity index (χ3n) is 3.86. The van der Waals surface area contributed by atoms with Crippen molar-refractivity contribution in [2.75, 3.05) is 31.1 Å². The summed E-state index contributed by atoms with van der Waals surface area (Å²) in [6.45, 7) is 5.95. The summed E-state index contributed by atoms with van der Waals surface area (Å²) in [6.07, 6.45) is 2.05. The number of nitrogens with zero attached hydrogens (tertiary/aromatic N) is 2. The number of sulfonamides is 1. The summed E-state index contributed by atoms with van der Waals surface area (Å²) in [5.41, 5.74) is 0. The van der Waals surface area contributed by atoms with Gasteiger partial charge in [-0.25, -0.2) is 8.42 Å². The Morgan fingerprint density at radius 3 is 2.75 bits per heavy atom. The molecule has 1 amide bonds. The van der Waals surface area contributed by atoms with E-state index in [-0.39, 0.29) is 11.7 Å². The highest BCUT2D eigenvalue weighted by Gasteiger charge is 2.40. The highest BCUT2D eigenvalue weighted by atomic mass is 32.2. The van der Waals surface area contributed by atoms with Crippen LogP contribution in [0.1, 0.15) is 33.1 Å². The van der Waals surface area contributed by atoms with E-state index in [1.165, 1.54) is 4.31 Å². The molecular weight excluding hydrogens is 296 g/mol. The van der Waals surface area contributed by atoms with Crippen molar-refractivity contribution in [1.82, 2.24) is 9.21 Å². The van der Waals surface area contributed by atoms with E-state index in [0.717, 1.165) is 25.3 Å². The average molecular weight is 320 g/mol. The second kappa shape index (κ2) is 6.66. The van der Waals surface area contributed by atoms with E-state index in [2.05, 4.69) is 6.92 Å². The monoisotopic (exact) mass is 320 g/mol. The van der Waals surface area contributed by atoms with Crippen LogP contribution in [-0.2, 0) is 14.8 Å². The average Bonchev–Trinajstić information content (AvgIpc) is 2.87. The molecule has 0 radical (unpaired) electrons. The number of carbonyl (C=O) groups is 1. The quantitative estimate of drug-likeness (QED) is 0.780. The zero-order chi connectivity index (χ0) is 14.8. The fraction of sp³-hybridized carbons (Fsp3) is 0.923. The van der Waals surface area contributed by atoms with E-state index in [1.54, 1.807) is 0 Å². The summed E-state index contributed by atoms with van der Waals surface area (Å²) in [7, 11) is -3.28. The molecule has 116 valence electrons. The number of rotatable bonds is 4. The molecule has 2 aliphatic heterocycles. The number of amides is 1. The van der Waals surface area contributed by atoms with Gasteiger partial charge in [0.15, 0.2) is 0 Å². The molecule has 0 aromatic rings. The second-order valence-electron chi connectivity index (χ2n) is 5.55. The SMILES string of the molecule is CCCS(=O)(=O)N1CCCC1C(=O)N1CCSC(C)C1. The summed E-state index contributed by atoms with van der Waals surface area (Å²) in [6, 6.07) is -0.457. The van der Waals surface area contributed by atoms with Gasteiger partial charge >= 0.3 is 0 Å². The molecule has 0 aromatic carbocycles.